The summed E-state index contributed by atoms with van der Waals surface area (Å²) in [6, 6.07) is 0. The normalized spacial score (nSPS) is 11.8. The van der Waals surface area contributed by atoms with Gasteiger partial charge < -0.3 is 0 Å². The fraction of sp³-hybridized carbons (Fsp3) is 1.00. The first-order chi connectivity index (χ1) is 7.56. The van der Waals surface area contributed by atoms with Gasteiger partial charge in [0.2, 0.25) is 0 Å². The van der Waals surface area contributed by atoms with Gasteiger partial charge in [0.1, 0.15) is 0 Å². The second-order valence-electron chi connectivity index (χ2n) is 3.79. The molecule has 106 valence electrons. The Morgan fingerprint density at radius 1 is 0.824 bits per heavy atom. The van der Waals surface area contributed by atoms with Gasteiger partial charge in [-0.1, -0.05) is 39.0 Å². The first-order valence-electron chi connectivity index (χ1n) is 5.44. The lowest BCUT2D eigenvalue weighted by atomic mass is 10.1. The predicted octanol–water partition coefficient (Wildman–Crippen LogP) is 1.74. The molecule has 0 aromatic rings. The minimum atomic E-state index is -3.72. The summed E-state index contributed by atoms with van der Waals surface area (Å²) in [7, 11) is -7.38. The Balaban J connectivity index is 0. The summed E-state index contributed by atoms with van der Waals surface area (Å²) in [5, 5.41) is 0. The van der Waals surface area contributed by atoms with E-state index in [1.165, 1.54) is 19.3 Å². The van der Waals surface area contributed by atoms with Crippen LogP contribution in [0.4, 0.5) is 0 Å². The average molecular weight is 290 g/mol. The monoisotopic (exact) mass is 290 g/mol. The summed E-state index contributed by atoms with van der Waals surface area (Å²) >= 11 is 0. The van der Waals surface area contributed by atoms with E-state index in [1.807, 2.05) is 0 Å². The van der Waals surface area contributed by atoms with Gasteiger partial charge in [0, 0.05) is 0 Å². The van der Waals surface area contributed by atoms with Crippen LogP contribution in [0.1, 0.15) is 45.4 Å². The van der Waals surface area contributed by atoms with E-state index < -0.39 is 20.2 Å². The van der Waals surface area contributed by atoms with E-state index in [9.17, 15) is 16.8 Å². The van der Waals surface area contributed by atoms with Crippen molar-refractivity contribution in [2.24, 2.45) is 0 Å². The summed E-state index contributed by atoms with van der Waals surface area (Å²) in [4.78, 5) is 0. The van der Waals surface area contributed by atoms with Crippen LogP contribution < -0.4 is 0 Å². The number of rotatable bonds is 7. The molecule has 0 aromatic carbocycles. The van der Waals surface area contributed by atoms with Crippen molar-refractivity contribution in [3.05, 3.63) is 0 Å². The smallest absolute Gasteiger partial charge is 0.264 e. The molecule has 0 spiro atoms. The maximum absolute atomic E-state index is 10.3. The van der Waals surface area contributed by atoms with Crippen molar-refractivity contribution in [1.29, 1.82) is 0 Å². The molecule has 2 N–H and O–H groups in total. The molecule has 0 fully saturated rings. The zero-order chi connectivity index (χ0) is 13.9. The molecule has 17 heavy (non-hydrogen) atoms. The minimum Gasteiger partial charge on any atom is -0.286 e. The van der Waals surface area contributed by atoms with Crippen molar-refractivity contribution in [2.75, 3.05) is 12.0 Å². The van der Waals surface area contributed by atoms with Crippen LogP contribution in [-0.4, -0.2) is 37.9 Å². The van der Waals surface area contributed by atoms with E-state index in [1.54, 1.807) is 0 Å². The van der Waals surface area contributed by atoms with Crippen LogP contribution in [-0.2, 0) is 20.2 Å². The molecule has 0 bridgehead atoms. The fourth-order valence-electron chi connectivity index (χ4n) is 1.06. The molecule has 0 amide bonds. The summed E-state index contributed by atoms with van der Waals surface area (Å²) in [6.07, 6.45) is 6.85. The third kappa shape index (κ3) is 38.8. The van der Waals surface area contributed by atoms with Crippen LogP contribution in [0.15, 0.2) is 0 Å². The lowest BCUT2D eigenvalue weighted by molar-refractivity contribution is 0.478. The van der Waals surface area contributed by atoms with Crippen molar-refractivity contribution < 1.29 is 25.9 Å². The maximum atomic E-state index is 10.3. The lowest BCUT2D eigenvalue weighted by Crippen LogP contribution is -2.03. The molecule has 0 saturated heterocycles. The summed E-state index contributed by atoms with van der Waals surface area (Å²) in [5.74, 6) is -0.0842. The molecule has 0 rings (SSSR count). The average Bonchev–Trinajstić information content (AvgIpc) is 2.06. The molecular weight excluding hydrogens is 268 g/mol. The van der Waals surface area contributed by atoms with Crippen LogP contribution >= 0.6 is 0 Å². The van der Waals surface area contributed by atoms with E-state index in [4.69, 9.17) is 9.11 Å². The van der Waals surface area contributed by atoms with E-state index in [0.29, 0.717) is 12.7 Å². The third-order valence-electron chi connectivity index (χ3n) is 1.76. The predicted molar refractivity (Wildman–Crippen MR) is 67.3 cm³/mol. The third-order valence-corrected chi connectivity index (χ3v) is 2.56. The van der Waals surface area contributed by atoms with Crippen LogP contribution in [0, 0.1) is 0 Å². The van der Waals surface area contributed by atoms with Gasteiger partial charge in [-0.3, -0.25) is 9.11 Å². The molecule has 0 aliphatic rings. The van der Waals surface area contributed by atoms with Crippen molar-refractivity contribution >= 4 is 20.2 Å². The highest BCUT2D eigenvalue weighted by atomic mass is 32.2. The lowest BCUT2D eigenvalue weighted by Gasteiger charge is -1.98. The summed E-state index contributed by atoms with van der Waals surface area (Å²) in [6.45, 7) is 2.14. The highest BCUT2D eigenvalue weighted by Gasteiger charge is 2.02. The van der Waals surface area contributed by atoms with Crippen LogP contribution in [0.2, 0.25) is 0 Å². The number of hydrogen-bond acceptors (Lipinski definition) is 4. The van der Waals surface area contributed by atoms with Gasteiger partial charge in [0.15, 0.2) is 0 Å². The van der Waals surface area contributed by atoms with Gasteiger partial charge in [-0.15, -0.1) is 0 Å². The van der Waals surface area contributed by atoms with Crippen molar-refractivity contribution in [3.8, 4) is 0 Å². The maximum Gasteiger partial charge on any atom is 0.264 e. The van der Waals surface area contributed by atoms with Crippen molar-refractivity contribution in [3.63, 3.8) is 0 Å². The van der Waals surface area contributed by atoms with Gasteiger partial charge in [-0.25, -0.2) is 0 Å². The van der Waals surface area contributed by atoms with Crippen LogP contribution in [0.25, 0.3) is 0 Å². The first-order valence-corrected chi connectivity index (χ1v) is 8.89. The quantitative estimate of drug-likeness (QED) is 0.546. The fourth-order valence-corrected chi connectivity index (χ4v) is 1.63. The second-order valence-corrected chi connectivity index (χ2v) is 6.82. The van der Waals surface area contributed by atoms with E-state index in [-0.39, 0.29) is 5.75 Å². The van der Waals surface area contributed by atoms with Crippen molar-refractivity contribution in [2.45, 2.75) is 45.4 Å². The van der Waals surface area contributed by atoms with Crippen LogP contribution in [0.3, 0.4) is 0 Å². The van der Waals surface area contributed by atoms with E-state index in [0.717, 1.165) is 12.8 Å². The Morgan fingerprint density at radius 2 is 1.18 bits per heavy atom. The standard InChI is InChI=1S/C8H18O3S.CH4O3S/c1-2-3-4-5-6-7-8-12(9,10)11;1-5(2,3)4/h2-8H2,1H3,(H,9,10,11);1H3,(H,2,3,4). The Labute approximate surface area is 104 Å². The molecule has 0 aromatic heterocycles. The molecule has 0 atom stereocenters. The highest BCUT2D eigenvalue weighted by Crippen LogP contribution is 2.05. The van der Waals surface area contributed by atoms with Crippen LogP contribution in [0.5, 0.6) is 0 Å². The Hall–Kier alpha value is -0.180. The van der Waals surface area contributed by atoms with Gasteiger partial charge >= 0.3 is 0 Å². The zero-order valence-electron chi connectivity index (χ0n) is 10.3. The Bertz CT molecular complexity index is 349. The molecule has 0 unspecified atom stereocenters. The Kier molecular flexibility index (Phi) is 11.1. The molecule has 0 radical (unpaired) electrons. The van der Waals surface area contributed by atoms with Gasteiger partial charge in [-0.2, -0.15) is 16.8 Å². The first kappa shape index (κ1) is 19.2. The molecule has 0 aliphatic carbocycles. The van der Waals surface area contributed by atoms with E-state index in [2.05, 4.69) is 6.92 Å². The number of unbranched alkanes of at least 4 members (excludes halogenated alkanes) is 5. The molecule has 6 nitrogen and oxygen atoms in total. The SMILES string of the molecule is CCCCCCCCS(=O)(=O)O.CS(=O)(=O)O. The second kappa shape index (κ2) is 9.81. The van der Waals surface area contributed by atoms with Crippen molar-refractivity contribution in [1.82, 2.24) is 0 Å². The highest BCUT2D eigenvalue weighted by molar-refractivity contribution is 7.85. The van der Waals surface area contributed by atoms with Gasteiger partial charge in [0.05, 0.1) is 12.0 Å². The van der Waals surface area contributed by atoms with E-state index >= 15 is 0 Å². The number of hydrogen-bond donors (Lipinski definition) is 2. The molecule has 0 heterocycles. The summed E-state index contributed by atoms with van der Waals surface area (Å²) in [5.41, 5.74) is 0. The Morgan fingerprint density at radius 3 is 1.53 bits per heavy atom. The summed E-state index contributed by atoms with van der Waals surface area (Å²) < 4.78 is 54.8. The zero-order valence-corrected chi connectivity index (χ0v) is 11.9. The molecule has 8 heteroatoms. The molecule has 0 saturated carbocycles. The largest absolute Gasteiger partial charge is 0.286 e. The molecular formula is C9H22O6S2. The minimum absolute atomic E-state index is 0.0842. The molecule has 0 aliphatic heterocycles. The van der Waals surface area contributed by atoms with Gasteiger partial charge in [-0.05, 0) is 6.42 Å². The topological polar surface area (TPSA) is 109 Å². The van der Waals surface area contributed by atoms with Gasteiger partial charge in [0.25, 0.3) is 20.2 Å².